The number of aliphatic imine (C=N–C) groups is 1. The maximum absolute atomic E-state index is 14.5. The minimum Gasteiger partial charge on any atom is -0.508 e. The van der Waals surface area contributed by atoms with Crippen LogP contribution in [0, 0.1) is 11.8 Å². The Kier molecular flexibility index (Phi) is 34.2. The Morgan fingerprint density at radius 2 is 1.20 bits per heavy atom. The number of imidazole rings is 1. The Morgan fingerprint density at radius 3 is 1.70 bits per heavy atom. The van der Waals surface area contributed by atoms with Crippen LogP contribution in [-0.2, 0) is 67.2 Å². The first-order valence-electron chi connectivity index (χ1n) is 25.1. The Balaban J connectivity index is 0. The molecule has 0 radical (unpaired) electrons. The van der Waals surface area contributed by atoms with Crippen molar-refractivity contribution in [2.24, 2.45) is 34.0 Å². The molecule has 1 fully saturated rings. The summed E-state index contributed by atoms with van der Waals surface area (Å²) in [5.41, 5.74) is 18.2. The van der Waals surface area contributed by atoms with Crippen molar-refractivity contribution < 1.29 is 90.3 Å². The van der Waals surface area contributed by atoms with E-state index in [1.807, 2.05) is 0 Å². The van der Waals surface area contributed by atoms with Gasteiger partial charge in [0.25, 0.3) is 5.97 Å². The van der Waals surface area contributed by atoms with E-state index in [-0.39, 0.29) is 85.2 Å². The lowest BCUT2D eigenvalue weighted by Crippen LogP contribution is -2.62. The average Bonchev–Trinajstić information content (AvgIpc) is 4.08. The van der Waals surface area contributed by atoms with Crippen LogP contribution in [0.2, 0.25) is 0 Å². The average molecular weight is 1160 g/mol. The van der Waals surface area contributed by atoms with E-state index >= 15 is 0 Å². The van der Waals surface area contributed by atoms with Crippen LogP contribution in [0.1, 0.15) is 83.5 Å². The molecule has 458 valence electrons. The smallest absolute Gasteiger partial charge is 0.326 e. The topological polar surface area (TPSA) is 572 Å². The first kappa shape index (κ1) is 75.3. The van der Waals surface area contributed by atoms with Gasteiger partial charge in [0.1, 0.15) is 48.0 Å². The van der Waals surface area contributed by atoms with E-state index in [2.05, 4.69) is 46.9 Å². The molecule has 0 aliphatic carbocycles. The number of guanidine groups is 1. The largest absolute Gasteiger partial charge is 0.508 e. The molecule has 2 aromatic carbocycles. The van der Waals surface area contributed by atoms with Crippen LogP contribution in [0.4, 0.5) is 0 Å². The van der Waals surface area contributed by atoms with Gasteiger partial charge >= 0.3 is 11.9 Å². The molecule has 0 bridgehead atoms. The molecule has 4 rings (SSSR count). The quantitative estimate of drug-likeness (QED) is 0.0184. The fraction of sp³-hybridized carbons (Fsp3) is 0.490. The van der Waals surface area contributed by atoms with E-state index in [0.717, 1.165) is 6.92 Å². The highest BCUT2D eigenvalue weighted by Gasteiger charge is 2.41. The van der Waals surface area contributed by atoms with Gasteiger partial charge in [-0.05, 0) is 60.8 Å². The maximum atomic E-state index is 14.5. The number of nitrogens with two attached hydrogens (primary N) is 3. The van der Waals surface area contributed by atoms with Crippen molar-refractivity contribution in [3.05, 3.63) is 83.9 Å². The number of aliphatic carboxylic acids is 3. The summed E-state index contributed by atoms with van der Waals surface area (Å²) in [4.78, 5) is 143. The van der Waals surface area contributed by atoms with Gasteiger partial charge in [0.05, 0.1) is 18.8 Å². The van der Waals surface area contributed by atoms with Crippen LogP contribution >= 0.6 is 0 Å². The van der Waals surface area contributed by atoms with Gasteiger partial charge in [-0.1, -0.05) is 70.2 Å². The van der Waals surface area contributed by atoms with E-state index < -0.39 is 126 Å². The zero-order valence-electron chi connectivity index (χ0n) is 46.1. The van der Waals surface area contributed by atoms with Crippen LogP contribution in [0.3, 0.4) is 0 Å². The maximum Gasteiger partial charge on any atom is 0.326 e. The number of carboxylic acid groups (broad SMARTS) is 3. The molecule has 31 heteroatoms. The molecular formula is C51H81N13O18. The van der Waals surface area contributed by atoms with Crippen LogP contribution < -0.4 is 49.1 Å². The lowest BCUT2D eigenvalue weighted by atomic mass is 9.98. The molecule has 0 unspecified atom stereocenters. The summed E-state index contributed by atoms with van der Waals surface area (Å²) < 4.78 is 0. The number of carboxylic acids is 3. The van der Waals surface area contributed by atoms with Gasteiger partial charge in [0.15, 0.2) is 5.96 Å². The fourth-order valence-corrected chi connectivity index (χ4v) is 8.15. The summed E-state index contributed by atoms with van der Waals surface area (Å²) in [5.74, 6) is -10.6. The number of hydrogen-bond donors (Lipinski definition) is 14. The van der Waals surface area contributed by atoms with Gasteiger partial charge in [-0.2, -0.15) is 0 Å². The van der Waals surface area contributed by atoms with E-state index in [0.29, 0.717) is 23.2 Å². The van der Waals surface area contributed by atoms with Gasteiger partial charge < -0.3 is 101 Å². The highest BCUT2D eigenvalue weighted by Crippen LogP contribution is 2.21. The number of benzene rings is 2. The Morgan fingerprint density at radius 1 is 0.683 bits per heavy atom. The number of aromatic hydroxyl groups is 1. The third-order valence-corrected chi connectivity index (χ3v) is 12.1. The summed E-state index contributed by atoms with van der Waals surface area (Å²) in [6.45, 7) is 7.79. The molecule has 82 heavy (non-hydrogen) atoms. The number of nitrogens with one attached hydrogen (secondary N) is 7. The molecule has 0 spiro atoms. The molecule has 1 aromatic heterocycles. The van der Waals surface area contributed by atoms with E-state index in [1.54, 1.807) is 58.0 Å². The SMILES string of the molecule is CC(=O)O.CC(C)[C@H](NC(=O)[C@H](CCCN=C(N)N)NC(=O)[C@@H](N)CC(=O)O)C(=O)N[C@@H](Cc1ccc(O)cc1)C(=O)N[C@H](C(=O)N[C@@H](Cc1cnc[nH]1)C(=O)N1CCC[C@H]1C(=O)N[C@@H](Cc1ccccc1)C(=O)O)C(C)C.O.O.O.O. The molecule has 25 N–H and O–H groups in total. The number of aromatic nitrogens is 2. The van der Waals surface area contributed by atoms with Crippen molar-refractivity contribution in [2.45, 2.75) is 134 Å². The highest BCUT2D eigenvalue weighted by molar-refractivity contribution is 5.98. The summed E-state index contributed by atoms with van der Waals surface area (Å²) in [6.07, 6.45) is 2.55. The lowest BCUT2D eigenvalue weighted by molar-refractivity contribution is -0.145. The first-order valence-corrected chi connectivity index (χ1v) is 25.1. The molecular weight excluding hydrogens is 1080 g/mol. The zero-order chi connectivity index (χ0) is 58.2. The molecule has 2 heterocycles. The minimum absolute atomic E-state index is 0. The molecule has 1 aliphatic heterocycles. The van der Waals surface area contributed by atoms with E-state index in [9.17, 15) is 53.4 Å². The standard InChI is InChI=1S/C49H69N13O12.C2H4O2.4H2O/c1-26(2)39(60-42(67)33(12-8-18-54-49(51)52)56-41(66)32(50)23-38(64)65)45(70)57-34(20-29-14-16-31(63)17-15-29)43(68)61-40(27(3)4)46(71)58-35(22-30-24-53-25-55-30)47(72)62-19-9-13-37(62)44(69)59-36(48(73)74)21-28-10-6-5-7-11-28;1-2(3)4;;;;/h5-7,10-11,14-17,24-27,32-37,39-40,63H,8-9,12-13,18-23,50H2,1-4H3,(H,53,55)(H,56,66)(H,57,70)(H,58,71)(H,59,69)(H,60,67)(H,61,68)(H,64,65)(H,73,74)(H4,51,52,54);1H3,(H,3,4);4*1H2/t32-,33-,34-,35-,36-,37-,39-,40-;;;;;/m0...../s1. The normalized spacial score (nSPS) is 14.8. The van der Waals surface area contributed by atoms with Gasteiger partial charge in [-0.3, -0.25) is 48.1 Å². The van der Waals surface area contributed by atoms with Crippen LogP contribution in [0.5, 0.6) is 5.75 Å². The summed E-state index contributed by atoms with van der Waals surface area (Å²) in [5, 5.41) is 52.3. The van der Waals surface area contributed by atoms with Crippen LogP contribution in [-0.4, -0.2) is 184 Å². The molecule has 1 saturated heterocycles. The second kappa shape index (κ2) is 37.2. The van der Waals surface area contributed by atoms with Crippen LogP contribution in [0.15, 0.2) is 72.1 Å². The van der Waals surface area contributed by atoms with Crippen molar-refractivity contribution >= 4 is 65.2 Å². The van der Waals surface area contributed by atoms with Crippen molar-refractivity contribution in [3.8, 4) is 5.75 Å². The van der Waals surface area contributed by atoms with Crippen molar-refractivity contribution in [2.75, 3.05) is 13.1 Å². The minimum atomic E-state index is -1.51. The van der Waals surface area contributed by atoms with E-state index in [1.165, 1.54) is 41.7 Å². The Bertz CT molecular complexity index is 2550. The number of carbonyl (C=O) groups excluding carboxylic acids is 7. The molecule has 7 amide bonds. The number of aromatic amines is 1. The van der Waals surface area contributed by atoms with Crippen molar-refractivity contribution in [1.82, 2.24) is 46.8 Å². The van der Waals surface area contributed by atoms with Gasteiger partial charge in [0.2, 0.25) is 41.4 Å². The monoisotopic (exact) mass is 1160 g/mol. The van der Waals surface area contributed by atoms with Gasteiger partial charge in [-0.15, -0.1) is 0 Å². The van der Waals surface area contributed by atoms with Crippen LogP contribution in [0.25, 0.3) is 0 Å². The second-order valence-corrected chi connectivity index (χ2v) is 19.2. The third kappa shape index (κ3) is 25.6. The zero-order valence-corrected chi connectivity index (χ0v) is 46.1. The third-order valence-electron chi connectivity index (χ3n) is 12.1. The van der Waals surface area contributed by atoms with Crippen molar-refractivity contribution in [3.63, 3.8) is 0 Å². The number of rotatable bonds is 28. The second-order valence-electron chi connectivity index (χ2n) is 19.2. The fourth-order valence-electron chi connectivity index (χ4n) is 8.15. The number of phenolic OH excluding ortho intramolecular Hbond substituents is 1. The molecule has 3 aromatic rings. The number of amides is 7. The van der Waals surface area contributed by atoms with E-state index in [4.69, 9.17) is 32.2 Å². The number of H-pyrrole nitrogens is 1. The predicted molar refractivity (Wildman–Crippen MR) is 296 cm³/mol. The number of carbonyl (C=O) groups is 10. The number of likely N-dealkylation sites (tertiary alicyclic amines) is 1. The molecule has 0 saturated carbocycles. The molecule has 8 atom stereocenters. The lowest BCUT2D eigenvalue weighted by Gasteiger charge is -2.31. The number of hydrogen-bond acceptors (Lipinski definition) is 14. The Labute approximate surface area is 472 Å². The predicted octanol–water partition coefficient (Wildman–Crippen LogP) is -4.91. The van der Waals surface area contributed by atoms with Gasteiger partial charge in [-0.25, -0.2) is 9.78 Å². The van der Waals surface area contributed by atoms with Gasteiger partial charge in [0, 0.05) is 51.2 Å². The summed E-state index contributed by atoms with van der Waals surface area (Å²) in [7, 11) is 0. The molecule has 31 nitrogen and oxygen atoms in total. The summed E-state index contributed by atoms with van der Waals surface area (Å²) in [6, 6.07) is 3.91. The highest BCUT2D eigenvalue weighted by atomic mass is 16.4. The number of phenols is 1. The number of nitrogens with zero attached hydrogens (tertiary/aromatic N) is 3. The first-order chi connectivity index (χ1) is 36.8. The Hall–Kier alpha value is -8.78. The van der Waals surface area contributed by atoms with Crippen molar-refractivity contribution in [1.29, 1.82) is 0 Å². The molecule has 1 aliphatic rings. The summed E-state index contributed by atoms with van der Waals surface area (Å²) >= 11 is 0.